The highest BCUT2D eigenvalue weighted by Gasteiger charge is 2.11. The van der Waals surface area contributed by atoms with E-state index < -0.39 is 0 Å². The van der Waals surface area contributed by atoms with E-state index >= 15 is 0 Å². The molecule has 0 bridgehead atoms. The summed E-state index contributed by atoms with van der Waals surface area (Å²) in [6.07, 6.45) is 3.31. The van der Waals surface area contributed by atoms with Crippen LogP contribution in [-0.4, -0.2) is 24.5 Å². The molecule has 0 aliphatic rings. The van der Waals surface area contributed by atoms with Crippen molar-refractivity contribution >= 4 is 5.91 Å². The molecular weight excluding hydrogens is 266 g/mol. The summed E-state index contributed by atoms with van der Waals surface area (Å²) in [7, 11) is 1.90. The third-order valence-corrected chi connectivity index (χ3v) is 3.26. The normalized spacial score (nSPS) is 10.6. The molecule has 0 aliphatic heterocycles. The van der Waals surface area contributed by atoms with Gasteiger partial charge < -0.3 is 15.1 Å². The Hall–Kier alpha value is -2.14. The van der Waals surface area contributed by atoms with E-state index in [0.29, 0.717) is 18.0 Å². The lowest BCUT2D eigenvalue weighted by Gasteiger charge is -2.09. The second-order valence-corrected chi connectivity index (χ2v) is 4.77. The van der Waals surface area contributed by atoms with Gasteiger partial charge in [0.25, 0.3) is 5.91 Å². The molecule has 0 saturated heterocycles. The fraction of sp³-hybridized carbons (Fsp3) is 0.375. The lowest BCUT2D eigenvalue weighted by atomic mass is 10.0. The van der Waals surface area contributed by atoms with Crippen molar-refractivity contribution in [3.63, 3.8) is 0 Å². The van der Waals surface area contributed by atoms with Gasteiger partial charge in [0.1, 0.15) is 5.76 Å². The molecule has 0 fully saturated rings. The van der Waals surface area contributed by atoms with Crippen LogP contribution in [0.5, 0.6) is 0 Å². The summed E-state index contributed by atoms with van der Waals surface area (Å²) in [5.41, 5.74) is 1.74. The van der Waals surface area contributed by atoms with Crippen LogP contribution >= 0.6 is 0 Å². The molecule has 112 valence electrons. The van der Waals surface area contributed by atoms with Crippen LogP contribution in [0, 0.1) is 0 Å². The Balaban J connectivity index is 1.99. The molecule has 0 saturated carbocycles. The lowest BCUT2D eigenvalue weighted by molar-refractivity contribution is 0.0946. The summed E-state index contributed by atoms with van der Waals surface area (Å²) in [4.78, 5) is 16.4. The van der Waals surface area contributed by atoms with Crippen LogP contribution in [0.2, 0.25) is 0 Å². The number of rotatable bonds is 7. The van der Waals surface area contributed by atoms with Crippen molar-refractivity contribution in [3.05, 3.63) is 53.2 Å². The molecule has 1 heterocycles. The standard InChI is InChI=1S/C16H21N3O2/c1-3-13-10-18-15(21-13)11-19-16(20)14-7-5-4-6-12(14)8-9-17-2/h4-7,10,17H,3,8-9,11H2,1-2H3,(H,19,20). The van der Waals surface area contributed by atoms with Crippen LogP contribution in [0.25, 0.3) is 0 Å². The second kappa shape index (κ2) is 7.59. The van der Waals surface area contributed by atoms with Crippen LogP contribution in [-0.2, 0) is 19.4 Å². The third kappa shape index (κ3) is 4.16. The molecule has 0 spiro atoms. The lowest BCUT2D eigenvalue weighted by Crippen LogP contribution is -2.24. The molecule has 0 aliphatic carbocycles. The number of nitrogens with one attached hydrogen (secondary N) is 2. The topological polar surface area (TPSA) is 67.2 Å². The van der Waals surface area contributed by atoms with E-state index in [-0.39, 0.29) is 5.91 Å². The van der Waals surface area contributed by atoms with Crippen molar-refractivity contribution < 1.29 is 9.21 Å². The van der Waals surface area contributed by atoms with Gasteiger partial charge in [-0.3, -0.25) is 4.79 Å². The summed E-state index contributed by atoms with van der Waals surface area (Å²) < 4.78 is 5.48. The number of aryl methyl sites for hydroxylation is 1. The molecule has 21 heavy (non-hydrogen) atoms. The number of oxazole rings is 1. The summed E-state index contributed by atoms with van der Waals surface area (Å²) in [5, 5.41) is 5.95. The van der Waals surface area contributed by atoms with Crippen LogP contribution in [0.3, 0.4) is 0 Å². The predicted octanol–water partition coefficient (Wildman–Crippen LogP) is 1.93. The Kier molecular flexibility index (Phi) is 5.51. The number of hydrogen-bond acceptors (Lipinski definition) is 4. The summed E-state index contributed by atoms with van der Waals surface area (Å²) >= 11 is 0. The van der Waals surface area contributed by atoms with Crippen molar-refractivity contribution in [1.29, 1.82) is 0 Å². The number of benzene rings is 1. The van der Waals surface area contributed by atoms with Gasteiger partial charge in [0.2, 0.25) is 5.89 Å². The third-order valence-electron chi connectivity index (χ3n) is 3.26. The molecule has 0 unspecified atom stereocenters. The first-order valence-electron chi connectivity index (χ1n) is 7.19. The maximum absolute atomic E-state index is 12.3. The maximum Gasteiger partial charge on any atom is 0.251 e. The van der Waals surface area contributed by atoms with Crippen LogP contribution in [0.15, 0.2) is 34.9 Å². The van der Waals surface area contributed by atoms with Crippen LogP contribution in [0.1, 0.15) is 34.5 Å². The second-order valence-electron chi connectivity index (χ2n) is 4.77. The number of amides is 1. The smallest absolute Gasteiger partial charge is 0.251 e. The van der Waals surface area contributed by atoms with Crippen molar-refractivity contribution in [3.8, 4) is 0 Å². The fourth-order valence-electron chi connectivity index (χ4n) is 2.06. The minimum absolute atomic E-state index is 0.0991. The van der Waals surface area contributed by atoms with Crippen molar-refractivity contribution in [2.45, 2.75) is 26.3 Å². The van der Waals surface area contributed by atoms with Crippen LogP contribution in [0.4, 0.5) is 0 Å². The van der Waals surface area contributed by atoms with Gasteiger partial charge in [-0.1, -0.05) is 25.1 Å². The molecule has 0 atom stereocenters. The summed E-state index contributed by atoms with van der Waals surface area (Å²) in [5.74, 6) is 1.26. The first-order valence-corrected chi connectivity index (χ1v) is 7.19. The summed E-state index contributed by atoms with van der Waals surface area (Å²) in [6.45, 7) is 3.14. The minimum Gasteiger partial charge on any atom is -0.444 e. The highest BCUT2D eigenvalue weighted by Crippen LogP contribution is 2.10. The first-order chi connectivity index (χ1) is 10.2. The Morgan fingerprint density at radius 3 is 2.86 bits per heavy atom. The largest absolute Gasteiger partial charge is 0.444 e. The van der Waals surface area contributed by atoms with Gasteiger partial charge in [-0.25, -0.2) is 4.98 Å². The number of aromatic nitrogens is 1. The van der Waals surface area contributed by atoms with Gasteiger partial charge in [0.15, 0.2) is 0 Å². The Labute approximate surface area is 124 Å². The molecule has 1 amide bonds. The van der Waals surface area contributed by atoms with E-state index in [2.05, 4.69) is 15.6 Å². The minimum atomic E-state index is -0.0991. The van der Waals surface area contributed by atoms with Gasteiger partial charge in [-0.2, -0.15) is 0 Å². The zero-order valence-electron chi connectivity index (χ0n) is 12.5. The SMILES string of the molecule is CCc1cnc(CNC(=O)c2ccccc2CCNC)o1. The molecule has 5 nitrogen and oxygen atoms in total. The number of nitrogens with zero attached hydrogens (tertiary/aromatic N) is 1. The average molecular weight is 287 g/mol. The van der Waals surface area contributed by atoms with E-state index in [1.807, 2.05) is 38.2 Å². The zero-order valence-corrected chi connectivity index (χ0v) is 12.5. The zero-order chi connectivity index (χ0) is 15.1. The van der Waals surface area contributed by atoms with E-state index in [0.717, 1.165) is 30.7 Å². The highest BCUT2D eigenvalue weighted by atomic mass is 16.4. The average Bonchev–Trinajstić information content (AvgIpc) is 2.99. The summed E-state index contributed by atoms with van der Waals surface area (Å²) in [6, 6.07) is 7.64. The Morgan fingerprint density at radius 1 is 1.33 bits per heavy atom. The molecule has 2 N–H and O–H groups in total. The van der Waals surface area contributed by atoms with Crippen molar-refractivity contribution in [2.75, 3.05) is 13.6 Å². The van der Waals surface area contributed by atoms with Gasteiger partial charge in [0.05, 0.1) is 12.7 Å². The van der Waals surface area contributed by atoms with Crippen molar-refractivity contribution in [2.24, 2.45) is 0 Å². The molecule has 2 rings (SSSR count). The van der Waals surface area contributed by atoms with E-state index in [1.165, 1.54) is 0 Å². The number of carbonyl (C=O) groups excluding carboxylic acids is 1. The number of likely N-dealkylation sites (N-methyl/N-ethyl adjacent to an activating group) is 1. The predicted molar refractivity (Wildman–Crippen MR) is 81.1 cm³/mol. The van der Waals surface area contributed by atoms with Crippen molar-refractivity contribution in [1.82, 2.24) is 15.6 Å². The molecule has 1 aromatic heterocycles. The monoisotopic (exact) mass is 287 g/mol. The number of hydrogen-bond donors (Lipinski definition) is 2. The number of carbonyl (C=O) groups is 1. The van der Waals surface area contributed by atoms with E-state index in [4.69, 9.17) is 4.42 Å². The fourth-order valence-corrected chi connectivity index (χ4v) is 2.06. The first kappa shape index (κ1) is 15.3. The molecule has 5 heteroatoms. The molecule has 0 radical (unpaired) electrons. The van der Waals surface area contributed by atoms with Gasteiger partial charge in [-0.15, -0.1) is 0 Å². The van der Waals surface area contributed by atoms with E-state index in [9.17, 15) is 4.79 Å². The quantitative estimate of drug-likeness (QED) is 0.816. The van der Waals surface area contributed by atoms with Crippen LogP contribution < -0.4 is 10.6 Å². The Bertz CT molecular complexity index is 593. The Morgan fingerprint density at radius 2 is 2.14 bits per heavy atom. The maximum atomic E-state index is 12.3. The van der Waals surface area contributed by atoms with E-state index in [1.54, 1.807) is 6.20 Å². The molecule has 1 aromatic carbocycles. The molecular formula is C16H21N3O2. The highest BCUT2D eigenvalue weighted by molar-refractivity contribution is 5.95. The van der Waals surface area contributed by atoms with Gasteiger partial charge >= 0.3 is 0 Å². The van der Waals surface area contributed by atoms with Gasteiger partial charge in [-0.05, 0) is 31.6 Å². The van der Waals surface area contributed by atoms with Gasteiger partial charge in [0, 0.05) is 12.0 Å². The molecule has 2 aromatic rings.